The molecule has 0 aliphatic heterocycles. The van der Waals surface area contributed by atoms with E-state index < -0.39 is 6.67 Å². The first-order valence-electron chi connectivity index (χ1n) is 7.70. The molecule has 124 valence electrons. The standard InChI is InChI=1S/C19H19FN2O2/c1-22(2)15-6-3-14(4-7-15)5-10-19-21-17-9-8-16(23-12-11-20)13-18(17)24-19/h3-10,13H,11-12H2,1-2H3/b10-5+. The molecule has 0 fully saturated rings. The number of hydrogen-bond donors (Lipinski definition) is 0. The normalized spacial score (nSPS) is 11.3. The van der Waals surface area contributed by atoms with Crippen LogP contribution in [0.4, 0.5) is 10.1 Å². The Morgan fingerprint density at radius 2 is 1.92 bits per heavy atom. The van der Waals surface area contributed by atoms with Crippen molar-refractivity contribution in [2.75, 3.05) is 32.3 Å². The van der Waals surface area contributed by atoms with Gasteiger partial charge in [-0.2, -0.15) is 0 Å². The predicted octanol–water partition coefficient (Wildman–Crippen LogP) is 4.41. The van der Waals surface area contributed by atoms with Gasteiger partial charge in [-0.05, 0) is 35.9 Å². The van der Waals surface area contributed by atoms with E-state index in [1.54, 1.807) is 18.2 Å². The van der Waals surface area contributed by atoms with E-state index in [1.165, 1.54) is 0 Å². The quantitative estimate of drug-likeness (QED) is 0.672. The molecular formula is C19H19FN2O2. The van der Waals surface area contributed by atoms with Crippen molar-refractivity contribution in [2.45, 2.75) is 0 Å². The van der Waals surface area contributed by atoms with Gasteiger partial charge in [-0.1, -0.05) is 12.1 Å². The van der Waals surface area contributed by atoms with Crippen LogP contribution in [0.1, 0.15) is 11.5 Å². The number of aromatic nitrogens is 1. The summed E-state index contributed by atoms with van der Waals surface area (Å²) in [4.78, 5) is 6.46. The third kappa shape index (κ3) is 3.74. The van der Waals surface area contributed by atoms with Gasteiger partial charge in [0.2, 0.25) is 5.89 Å². The molecule has 1 heterocycles. The Morgan fingerprint density at radius 3 is 2.62 bits per heavy atom. The van der Waals surface area contributed by atoms with Crippen molar-refractivity contribution < 1.29 is 13.5 Å². The van der Waals surface area contributed by atoms with Crippen molar-refractivity contribution in [1.82, 2.24) is 4.98 Å². The van der Waals surface area contributed by atoms with Gasteiger partial charge in [0.05, 0.1) is 0 Å². The van der Waals surface area contributed by atoms with Gasteiger partial charge in [-0.15, -0.1) is 0 Å². The summed E-state index contributed by atoms with van der Waals surface area (Å²) in [5.74, 6) is 1.09. The van der Waals surface area contributed by atoms with Crippen LogP contribution in [-0.2, 0) is 0 Å². The SMILES string of the molecule is CN(C)c1ccc(/C=C/c2nc3ccc(OCCF)cc3o2)cc1. The number of ether oxygens (including phenoxy) is 1. The second-order valence-corrected chi connectivity index (χ2v) is 5.54. The van der Waals surface area contributed by atoms with Crippen molar-refractivity contribution in [3.63, 3.8) is 0 Å². The van der Waals surface area contributed by atoms with Gasteiger partial charge in [0.25, 0.3) is 0 Å². The predicted molar refractivity (Wildman–Crippen MR) is 95.2 cm³/mol. The molecular weight excluding hydrogens is 307 g/mol. The largest absolute Gasteiger partial charge is 0.491 e. The van der Waals surface area contributed by atoms with E-state index in [0.29, 0.717) is 17.2 Å². The lowest BCUT2D eigenvalue weighted by atomic mass is 10.2. The second-order valence-electron chi connectivity index (χ2n) is 5.54. The highest BCUT2D eigenvalue weighted by Crippen LogP contribution is 2.23. The zero-order chi connectivity index (χ0) is 16.9. The third-order valence-electron chi connectivity index (χ3n) is 3.55. The minimum absolute atomic E-state index is 0.0371. The summed E-state index contributed by atoms with van der Waals surface area (Å²) >= 11 is 0. The zero-order valence-corrected chi connectivity index (χ0v) is 13.7. The molecule has 0 spiro atoms. The highest BCUT2D eigenvalue weighted by atomic mass is 19.1. The Hall–Kier alpha value is -2.82. The zero-order valence-electron chi connectivity index (χ0n) is 13.7. The monoisotopic (exact) mass is 326 g/mol. The first-order valence-corrected chi connectivity index (χ1v) is 7.70. The molecule has 5 heteroatoms. The van der Waals surface area contributed by atoms with Gasteiger partial charge in [0, 0.05) is 31.9 Å². The molecule has 0 unspecified atom stereocenters. The van der Waals surface area contributed by atoms with E-state index >= 15 is 0 Å². The summed E-state index contributed by atoms with van der Waals surface area (Å²) in [5.41, 5.74) is 3.57. The Bertz CT molecular complexity index is 838. The number of oxazole rings is 1. The lowest BCUT2D eigenvalue weighted by Gasteiger charge is -2.11. The van der Waals surface area contributed by atoms with Gasteiger partial charge in [-0.25, -0.2) is 9.37 Å². The van der Waals surface area contributed by atoms with Gasteiger partial charge >= 0.3 is 0 Å². The third-order valence-corrected chi connectivity index (χ3v) is 3.55. The average molecular weight is 326 g/mol. The maximum absolute atomic E-state index is 12.2. The average Bonchev–Trinajstić information content (AvgIpc) is 3.00. The van der Waals surface area contributed by atoms with E-state index in [0.717, 1.165) is 16.8 Å². The van der Waals surface area contributed by atoms with Gasteiger partial charge < -0.3 is 14.1 Å². The van der Waals surface area contributed by atoms with E-state index in [4.69, 9.17) is 9.15 Å². The van der Waals surface area contributed by atoms with Crippen molar-refractivity contribution in [3.8, 4) is 5.75 Å². The van der Waals surface area contributed by atoms with Gasteiger partial charge in [0.1, 0.15) is 24.5 Å². The summed E-state index contributed by atoms with van der Waals surface area (Å²) in [6, 6.07) is 13.5. The number of benzene rings is 2. The molecule has 0 radical (unpaired) electrons. The van der Waals surface area contributed by atoms with Crippen LogP contribution in [0.25, 0.3) is 23.3 Å². The number of alkyl halides is 1. The number of anilines is 1. The first kappa shape index (κ1) is 16.1. The summed E-state index contributed by atoms with van der Waals surface area (Å²) in [5, 5.41) is 0. The molecule has 2 aromatic carbocycles. The molecule has 0 saturated heterocycles. The van der Waals surface area contributed by atoms with Crippen LogP contribution in [0.5, 0.6) is 5.75 Å². The maximum atomic E-state index is 12.2. The van der Waals surface area contributed by atoms with E-state index in [1.807, 2.05) is 38.4 Å². The van der Waals surface area contributed by atoms with E-state index in [-0.39, 0.29) is 6.61 Å². The van der Waals surface area contributed by atoms with Crippen LogP contribution in [0.15, 0.2) is 46.9 Å². The minimum atomic E-state index is -0.519. The van der Waals surface area contributed by atoms with E-state index in [9.17, 15) is 4.39 Å². The number of fused-ring (bicyclic) bond motifs is 1. The number of hydrogen-bond acceptors (Lipinski definition) is 4. The van der Waals surface area contributed by atoms with Crippen LogP contribution < -0.4 is 9.64 Å². The number of rotatable bonds is 6. The van der Waals surface area contributed by atoms with Gasteiger partial charge in [-0.3, -0.25) is 0 Å². The summed E-state index contributed by atoms with van der Waals surface area (Å²) in [6.45, 7) is -0.482. The van der Waals surface area contributed by atoms with Crippen LogP contribution in [0, 0.1) is 0 Å². The Balaban J connectivity index is 1.76. The highest BCUT2D eigenvalue weighted by Gasteiger charge is 2.05. The van der Waals surface area contributed by atoms with Crippen molar-refractivity contribution >= 4 is 28.9 Å². The van der Waals surface area contributed by atoms with E-state index in [2.05, 4.69) is 22.0 Å². The molecule has 0 aliphatic carbocycles. The summed E-state index contributed by atoms with van der Waals surface area (Å²) < 4.78 is 23.1. The van der Waals surface area contributed by atoms with Crippen LogP contribution >= 0.6 is 0 Å². The second kappa shape index (κ2) is 7.17. The van der Waals surface area contributed by atoms with Crippen molar-refractivity contribution in [1.29, 1.82) is 0 Å². The summed E-state index contributed by atoms with van der Waals surface area (Å²) in [7, 11) is 4.02. The topological polar surface area (TPSA) is 38.5 Å². The molecule has 24 heavy (non-hydrogen) atoms. The first-order chi connectivity index (χ1) is 11.7. The molecule has 3 aromatic rings. The molecule has 1 aromatic heterocycles. The molecule has 0 amide bonds. The van der Waals surface area contributed by atoms with Crippen molar-refractivity contribution in [2.24, 2.45) is 0 Å². The lowest BCUT2D eigenvalue weighted by Crippen LogP contribution is -2.07. The maximum Gasteiger partial charge on any atom is 0.220 e. The highest BCUT2D eigenvalue weighted by molar-refractivity contribution is 5.77. The molecule has 0 atom stereocenters. The number of halogens is 1. The molecule has 4 nitrogen and oxygen atoms in total. The van der Waals surface area contributed by atoms with Crippen LogP contribution in [-0.4, -0.2) is 32.4 Å². The fraction of sp³-hybridized carbons (Fsp3) is 0.211. The molecule has 0 aliphatic rings. The fourth-order valence-corrected chi connectivity index (χ4v) is 2.29. The Morgan fingerprint density at radius 1 is 1.12 bits per heavy atom. The molecule has 0 bridgehead atoms. The Kier molecular flexibility index (Phi) is 4.79. The van der Waals surface area contributed by atoms with Crippen LogP contribution in [0.3, 0.4) is 0 Å². The minimum Gasteiger partial charge on any atom is -0.491 e. The van der Waals surface area contributed by atoms with Crippen LogP contribution in [0.2, 0.25) is 0 Å². The Labute approximate surface area is 140 Å². The van der Waals surface area contributed by atoms with Gasteiger partial charge in [0.15, 0.2) is 5.58 Å². The van der Waals surface area contributed by atoms with Crippen molar-refractivity contribution in [3.05, 3.63) is 53.9 Å². The summed E-state index contributed by atoms with van der Waals surface area (Å²) in [6.07, 6.45) is 3.78. The smallest absolute Gasteiger partial charge is 0.220 e. The molecule has 0 N–H and O–H groups in total. The number of nitrogens with zero attached hydrogens (tertiary/aromatic N) is 2. The molecule has 3 rings (SSSR count). The molecule has 0 saturated carbocycles. The fourth-order valence-electron chi connectivity index (χ4n) is 2.29. The lowest BCUT2D eigenvalue weighted by molar-refractivity contribution is 0.273.